The lowest BCUT2D eigenvalue weighted by molar-refractivity contribution is -0.111. The third-order valence-electron chi connectivity index (χ3n) is 2.66. The van der Waals surface area contributed by atoms with Crippen LogP contribution in [0.2, 0.25) is 0 Å². The Morgan fingerprint density at radius 2 is 2.00 bits per heavy atom. The van der Waals surface area contributed by atoms with Crippen molar-refractivity contribution in [2.75, 3.05) is 0 Å². The maximum Gasteiger partial charge on any atom is 0.122 e. The number of hydrogen-bond donors (Lipinski definition) is 0. The Kier molecular flexibility index (Phi) is 3.61. The van der Waals surface area contributed by atoms with E-state index in [0.717, 1.165) is 18.6 Å². The first-order valence-electron chi connectivity index (χ1n) is 4.78. The second-order valence-corrected chi connectivity index (χ2v) is 3.85. The summed E-state index contributed by atoms with van der Waals surface area (Å²) in [6.45, 7) is 2.03. The van der Waals surface area contributed by atoms with Crippen LogP contribution >= 0.6 is 0 Å². The van der Waals surface area contributed by atoms with Crippen LogP contribution in [0.15, 0.2) is 0 Å². The van der Waals surface area contributed by atoms with E-state index in [0.29, 0.717) is 0 Å². The summed E-state index contributed by atoms with van der Waals surface area (Å²) in [5.74, 6) is 1.14. The van der Waals surface area contributed by atoms with Crippen molar-refractivity contribution in [3.63, 3.8) is 0 Å². The number of rotatable bonds is 3. The first-order chi connectivity index (χ1) is 5.33. The predicted molar refractivity (Wildman–Crippen MR) is 46.4 cm³/mol. The molecule has 1 rings (SSSR count). The molecule has 0 aromatic rings. The number of carbonyl (C=O) groups is 1. The number of carbonyl (C=O) groups excluding carboxylic acids is 1. The highest BCUT2D eigenvalue weighted by molar-refractivity contribution is 5.52. The van der Waals surface area contributed by atoms with Gasteiger partial charge < -0.3 is 4.79 Å². The number of hydrogen-bond acceptors (Lipinski definition) is 1. The molecule has 0 spiro atoms. The quantitative estimate of drug-likeness (QED) is 0.571. The second kappa shape index (κ2) is 4.53. The van der Waals surface area contributed by atoms with Crippen molar-refractivity contribution in [3.05, 3.63) is 0 Å². The second-order valence-electron chi connectivity index (χ2n) is 3.85. The van der Waals surface area contributed by atoms with E-state index in [4.69, 9.17) is 0 Å². The highest BCUT2D eigenvalue weighted by Gasteiger charge is 2.15. The smallest absolute Gasteiger partial charge is 0.122 e. The summed E-state index contributed by atoms with van der Waals surface area (Å²) in [5, 5.41) is 0. The minimum absolute atomic E-state index is 0.290. The van der Waals surface area contributed by atoms with Crippen LogP contribution in [-0.4, -0.2) is 6.29 Å². The lowest BCUT2D eigenvalue weighted by Crippen LogP contribution is -2.10. The van der Waals surface area contributed by atoms with Gasteiger partial charge in [-0.15, -0.1) is 0 Å². The highest BCUT2D eigenvalue weighted by Crippen LogP contribution is 2.28. The van der Waals surface area contributed by atoms with Crippen molar-refractivity contribution in [3.8, 4) is 0 Å². The van der Waals surface area contributed by atoms with Crippen LogP contribution in [0.3, 0.4) is 0 Å². The summed E-state index contributed by atoms with van der Waals surface area (Å²) in [6, 6.07) is 0. The van der Waals surface area contributed by atoms with Gasteiger partial charge in [0.05, 0.1) is 0 Å². The Balaban J connectivity index is 2.18. The first kappa shape index (κ1) is 8.76. The predicted octanol–water partition coefficient (Wildman–Crippen LogP) is 2.79. The van der Waals surface area contributed by atoms with Gasteiger partial charge in [0.25, 0.3) is 0 Å². The zero-order valence-corrected chi connectivity index (χ0v) is 7.38. The lowest BCUT2D eigenvalue weighted by atomic mass is 9.84. The zero-order chi connectivity index (χ0) is 8.10. The topological polar surface area (TPSA) is 17.1 Å². The largest absolute Gasteiger partial charge is 0.303 e. The molecule has 1 aliphatic carbocycles. The fourth-order valence-corrected chi connectivity index (χ4v) is 2.00. The van der Waals surface area contributed by atoms with E-state index >= 15 is 0 Å². The molecule has 0 aromatic heterocycles. The van der Waals surface area contributed by atoms with E-state index in [1.807, 2.05) is 6.92 Å². The molecule has 1 fully saturated rings. The molecule has 0 aliphatic heterocycles. The maximum atomic E-state index is 10.4. The summed E-state index contributed by atoms with van der Waals surface area (Å²) in [6.07, 6.45) is 9.12. The van der Waals surface area contributed by atoms with Crippen LogP contribution < -0.4 is 0 Å². The van der Waals surface area contributed by atoms with E-state index < -0.39 is 0 Å². The van der Waals surface area contributed by atoms with Gasteiger partial charge in [-0.05, 0) is 12.3 Å². The summed E-state index contributed by atoms with van der Waals surface area (Å²) in [7, 11) is 0. The fraction of sp³-hybridized carbons (Fsp3) is 0.900. The normalized spacial score (nSPS) is 23.0. The van der Waals surface area contributed by atoms with E-state index in [1.165, 1.54) is 32.1 Å². The number of aldehydes is 1. The van der Waals surface area contributed by atoms with Crippen molar-refractivity contribution in [2.45, 2.75) is 45.4 Å². The van der Waals surface area contributed by atoms with Crippen LogP contribution in [0.1, 0.15) is 45.4 Å². The van der Waals surface area contributed by atoms with E-state index in [1.54, 1.807) is 0 Å². The molecule has 0 unspecified atom stereocenters. The summed E-state index contributed by atoms with van der Waals surface area (Å²) < 4.78 is 0. The van der Waals surface area contributed by atoms with Gasteiger partial charge in [0.15, 0.2) is 0 Å². The van der Waals surface area contributed by atoms with E-state index in [-0.39, 0.29) is 5.92 Å². The van der Waals surface area contributed by atoms with Gasteiger partial charge in [0.2, 0.25) is 0 Å². The van der Waals surface area contributed by atoms with Gasteiger partial charge >= 0.3 is 0 Å². The molecule has 0 heterocycles. The highest BCUT2D eigenvalue weighted by atomic mass is 16.1. The molecule has 0 bridgehead atoms. The third kappa shape index (κ3) is 3.04. The van der Waals surface area contributed by atoms with Gasteiger partial charge in [-0.3, -0.25) is 0 Å². The van der Waals surface area contributed by atoms with E-state index in [9.17, 15) is 4.79 Å². The SMILES string of the molecule is C[C@@H](C=O)CC1CCCCC1. The molecule has 1 atom stereocenters. The fourth-order valence-electron chi connectivity index (χ4n) is 2.00. The molecule has 1 heteroatoms. The van der Waals surface area contributed by atoms with Crippen LogP contribution in [0.5, 0.6) is 0 Å². The molecule has 64 valence electrons. The molecule has 11 heavy (non-hydrogen) atoms. The molecule has 1 nitrogen and oxygen atoms in total. The summed E-state index contributed by atoms with van der Waals surface area (Å²) in [4.78, 5) is 10.4. The molecule has 1 aliphatic rings. The van der Waals surface area contributed by atoms with Gasteiger partial charge in [-0.2, -0.15) is 0 Å². The molecule has 0 amide bonds. The Labute approximate surface area is 69.2 Å². The average molecular weight is 154 g/mol. The molecule has 0 radical (unpaired) electrons. The Bertz CT molecular complexity index is 114. The van der Waals surface area contributed by atoms with Gasteiger partial charge in [-0.25, -0.2) is 0 Å². The van der Waals surface area contributed by atoms with Crippen molar-refractivity contribution in [1.29, 1.82) is 0 Å². The third-order valence-corrected chi connectivity index (χ3v) is 2.66. The van der Waals surface area contributed by atoms with Gasteiger partial charge in [-0.1, -0.05) is 39.0 Å². The monoisotopic (exact) mass is 154 g/mol. The van der Waals surface area contributed by atoms with E-state index in [2.05, 4.69) is 0 Å². The minimum Gasteiger partial charge on any atom is -0.303 e. The Morgan fingerprint density at radius 1 is 1.36 bits per heavy atom. The summed E-state index contributed by atoms with van der Waals surface area (Å²) in [5.41, 5.74) is 0. The maximum absolute atomic E-state index is 10.4. The molecule has 0 aromatic carbocycles. The van der Waals surface area contributed by atoms with Gasteiger partial charge in [0.1, 0.15) is 6.29 Å². The minimum atomic E-state index is 0.290. The Morgan fingerprint density at radius 3 is 2.55 bits per heavy atom. The molecule has 0 N–H and O–H groups in total. The van der Waals surface area contributed by atoms with Crippen LogP contribution in [-0.2, 0) is 4.79 Å². The van der Waals surface area contributed by atoms with Crippen molar-refractivity contribution in [1.82, 2.24) is 0 Å². The van der Waals surface area contributed by atoms with Crippen LogP contribution in [0, 0.1) is 11.8 Å². The molecular weight excluding hydrogens is 136 g/mol. The summed E-state index contributed by atoms with van der Waals surface area (Å²) >= 11 is 0. The van der Waals surface area contributed by atoms with Crippen LogP contribution in [0.4, 0.5) is 0 Å². The Hall–Kier alpha value is -0.330. The molecule has 0 saturated heterocycles. The average Bonchev–Trinajstić information content (AvgIpc) is 2.06. The first-order valence-corrected chi connectivity index (χ1v) is 4.78. The zero-order valence-electron chi connectivity index (χ0n) is 7.38. The van der Waals surface area contributed by atoms with Crippen molar-refractivity contribution < 1.29 is 4.79 Å². The lowest BCUT2D eigenvalue weighted by Gasteiger charge is -2.22. The molecular formula is C10H18O. The van der Waals surface area contributed by atoms with Crippen molar-refractivity contribution >= 4 is 6.29 Å². The van der Waals surface area contributed by atoms with Crippen LogP contribution in [0.25, 0.3) is 0 Å². The van der Waals surface area contributed by atoms with Crippen molar-refractivity contribution in [2.24, 2.45) is 11.8 Å². The standard InChI is InChI=1S/C10H18O/c1-9(8-11)7-10-5-3-2-4-6-10/h8-10H,2-7H2,1H3/t9-/m1/s1. The molecule has 1 saturated carbocycles. The van der Waals surface area contributed by atoms with Gasteiger partial charge in [0, 0.05) is 5.92 Å².